The van der Waals surface area contributed by atoms with Gasteiger partial charge in [-0.2, -0.15) is 0 Å². The third-order valence-corrected chi connectivity index (χ3v) is 8.59. The Balaban J connectivity index is 1.42. The molecule has 1 saturated heterocycles. The number of piperidine rings is 1. The highest BCUT2D eigenvalue weighted by Gasteiger charge is 2.38. The van der Waals surface area contributed by atoms with Crippen LogP contribution in [0.2, 0.25) is 0 Å². The average Bonchev–Trinajstić information content (AvgIpc) is 3.24. The van der Waals surface area contributed by atoms with E-state index < -0.39 is 10.0 Å². The van der Waals surface area contributed by atoms with Crippen LogP contribution in [0.5, 0.6) is 5.75 Å². The normalized spacial score (nSPS) is 19.1. The Labute approximate surface area is 193 Å². The molecule has 0 bridgehead atoms. The molecule has 1 fully saturated rings. The van der Waals surface area contributed by atoms with Crippen molar-refractivity contribution in [3.05, 3.63) is 54.1 Å². The van der Waals surface area contributed by atoms with E-state index in [2.05, 4.69) is 22.1 Å². The van der Waals surface area contributed by atoms with Crippen LogP contribution in [-0.2, 0) is 10.0 Å². The number of benzene rings is 1. The van der Waals surface area contributed by atoms with Crippen molar-refractivity contribution >= 4 is 26.6 Å². The number of aromatic nitrogens is 2. The lowest BCUT2D eigenvalue weighted by Gasteiger charge is -2.42. The largest absolute Gasteiger partial charge is 0.496 e. The van der Waals surface area contributed by atoms with E-state index in [4.69, 9.17) is 4.74 Å². The van der Waals surface area contributed by atoms with E-state index in [9.17, 15) is 12.8 Å². The summed E-state index contributed by atoms with van der Waals surface area (Å²) in [7, 11) is -1.53. The molecule has 0 unspecified atom stereocenters. The maximum atomic E-state index is 14.0. The first-order chi connectivity index (χ1) is 15.8. The van der Waals surface area contributed by atoms with Crippen LogP contribution in [-0.4, -0.2) is 49.1 Å². The molecule has 1 N–H and O–H groups in total. The number of hydrogen-bond donors (Lipinski definition) is 1. The molecular formula is C25H28FN3O3S. The maximum Gasteiger partial charge on any atom is 0.211 e. The van der Waals surface area contributed by atoms with Gasteiger partial charge >= 0.3 is 0 Å². The van der Waals surface area contributed by atoms with Crippen molar-refractivity contribution < 1.29 is 17.5 Å². The fraction of sp³-hybridized carbons (Fsp3) is 0.400. The van der Waals surface area contributed by atoms with Crippen LogP contribution in [0.4, 0.5) is 4.39 Å². The minimum absolute atomic E-state index is 0.190. The van der Waals surface area contributed by atoms with Crippen molar-refractivity contribution in [3.8, 4) is 16.9 Å². The molecule has 2 aliphatic rings. The molecular weight excluding hydrogens is 441 g/mol. The van der Waals surface area contributed by atoms with Crippen LogP contribution in [0.25, 0.3) is 27.7 Å². The molecule has 2 aromatic heterocycles. The second kappa shape index (κ2) is 8.25. The van der Waals surface area contributed by atoms with Crippen LogP contribution < -0.4 is 4.74 Å². The van der Waals surface area contributed by atoms with Gasteiger partial charge in [0.2, 0.25) is 10.0 Å². The van der Waals surface area contributed by atoms with Crippen molar-refractivity contribution in [2.45, 2.75) is 32.1 Å². The summed E-state index contributed by atoms with van der Waals surface area (Å²) in [5.74, 6) is 0.305. The predicted octanol–water partition coefficient (Wildman–Crippen LogP) is 4.99. The van der Waals surface area contributed by atoms with Crippen molar-refractivity contribution in [2.24, 2.45) is 5.41 Å². The number of H-pyrrole nitrogens is 1. The van der Waals surface area contributed by atoms with Gasteiger partial charge in [0, 0.05) is 35.9 Å². The fourth-order valence-corrected chi connectivity index (χ4v) is 6.11. The lowest BCUT2D eigenvalue weighted by atomic mass is 9.69. The first-order valence-electron chi connectivity index (χ1n) is 11.2. The average molecular weight is 470 g/mol. The smallest absolute Gasteiger partial charge is 0.211 e. The summed E-state index contributed by atoms with van der Waals surface area (Å²) >= 11 is 0. The summed E-state index contributed by atoms with van der Waals surface area (Å²) in [6, 6.07) is 8.51. The van der Waals surface area contributed by atoms with Crippen LogP contribution >= 0.6 is 0 Å². The Kier molecular flexibility index (Phi) is 5.53. The van der Waals surface area contributed by atoms with Gasteiger partial charge in [-0.3, -0.25) is 0 Å². The van der Waals surface area contributed by atoms with Gasteiger partial charge in [0.25, 0.3) is 0 Å². The molecule has 0 amide bonds. The number of aromatic amines is 1. The summed E-state index contributed by atoms with van der Waals surface area (Å²) in [6.07, 6.45) is 10.1. The molecule has 0 saturated carbocycles. The fourth-order valence-electron chi connectivity index (χ4n) is 5.26. The van der Waals surface area contributed by atoms with Gasteiger partial charge < -0.3 is 9.72 Å². The van der Waals surface area contributed by atoms with Crippen molar-refractivity contribution in [1.82, 2.24) is 14.3 Å². The first-order valence-corrected chi connectivity index (χ1v) is 13.1. The molecule has 0 radical (unpaired) electrons. The Morgan fingerprint density at radius 1 is 1.12 bits per heavy atom. The SMILES string of the molecule is COc1ccc(F)cc1-c1ccnc2[nH]c(C3=CCC4(CC3)CCN(S(C)(=O)=O)CC4)cc12. The molecule has 3 heterocycles. The van der Waals surface area contributed by atoms with E-state index in [1.54, 1.807) is 23.7 Å². The molecule has 33 heavy (non-hydrogen) atoms. The van der Waals surface area contributed by atoms with Gasteiger partial charge in [0.1, 0.15) is 17.2 Å². The molecule has 1 aliphatic heterocycles. The van der Waals surface area contributed by atoms with Crippen LogP contribution in [0.1, 0.15) is 37.8 Å². The van der Waals surface area contributed by atoms with Gasteiger partial charge in [-0.05, 0) is 79.0 Å². The van der Waals surface area contributed by atoms with Gasteiger partial charge in [0.15, 0.2) is 0 Å². The van der Waals surface area contributed by atoms with Crippen LogP contribution in [0, 0.1) is 11.2 Å². The van der Waals surface area contributed by atoms with Gasteiger partial charge in [-0.15, -0.1) is 0 Å². The second-order valence-corrected chi connectivity index (χ2v) is 11.2. The molecule has 1 aromatic carbocycles. The third kappa shape index (κ3) is 4.17. The van der Waals surface area contributed by atoms with E-state index >= 15 is 0 Å². The van der Waals surface area contributed by atoms with Crippen molar-refractivity contribution in [3.63, 3.8) is 0 Å². The number of halogens is 1. The Bertz CT molecular complexity index is 1340. The van der Waals surface area contributed by atoms with Crippen LogP contribution in [0.15, 0.2) is 42.6 Å². The second-order valence-electron chi connectivity index (χ2n) is 9.24. The van der Waals surface area contributed by atoms with E-state index in [1.165, 1.54) is 24.0 Å². The van der Waals surface area contributed by atoms with E-state index in [-0.39, 0.29) is 11.2 Å². The first kappa shape index (κ1) is 22.1. The van der Waals surface area contributed by atoms with Gasteiger partial charge in [-0.1, -0.05) is 6.08 Å². The van der Waals surface area contributed by atoms with Gasteiger partial charge in [0.05, 0.1) is 13.4 Å². The Morgan fingerprint density at radius 3 is 2.58 bits per heavy atom. The number of sulfonamides is 1. The number of fused-ring (bicyclic) bond motifs is 1. The van der Waals surface area contributed by atoms with Crippen molar-refractivity contribution in [1.29, 1.82) is 0 Å². The molecule has 3 aromatic rings. The zero-order valence-electron chi connectivity index (χ0n) is 18.9. The number of hydrogen-bond acceptors (Lipinski definition) is 4. The number of allylic oxidation sites excluding steroid dienone is 2. The number of rotatable bonds is 4. The lowest BCUT2D eigenvalue weighted by molar-refractivity contribution is 0.142. The van der Waals surface area contributed by atoms with Gasteiger partial charge in [-0.25, -0.2) is 22.1 Å². The van der Waals surface area contributed by atoms with E-state index in [1.807, 2.05) is 6.07 Å². The predicted molar refractivity (Wildman–Crippen MR) is 128 cm³/mol. The number of nitrogens with one attached hydrogen (secondary N) is 1. The summed E-state index contributed by atoms with van der Waals surface area (Å²) in [5.41, 5.74) is 4.81. The summed E-state index contributed by atoms with van der Waals surface area (Å²) in [6.45, 7) is 1.22. The summed E-state index contributed by atoms with van der Waals surface area (Å²) in [4.78, 5) is 7.94. The molecule has 8 heteroatoms. The minimum atomic E-state index is -3.11. The van der Waals surface area contributed by atoms with E-state index in [0.29, 0.717) is 24.4 Å². The highest BCUT2D eigenvalue weighted by Crippen LogP contribution is 2.46. The maximum absolute atomic E-state index is 14.0. The quantitative estimate of drug-likeness (QED) is 0.584. The number of pyridine rings is 1. The zero-order chi connectivity index (χ0) is 23.2. The molecule has 6 nitrogen and oxygen atoms in total. The monoisotopic (exact) mass is 469 g/mol. The Hall–Kier alpha value is -2.71. The zero-order valence-corrected chi connectivity index (χ0v) is 19.7. The number of ether oxygens (including phenoxy) is 1. The van der Waals surface area contributed by atoms with Crippen molar-refractivity contribution in [2.75, 3.05) is 26.5 Å². The lowest BCUT2D eigenvalue weighted by Crippen LogP contribution is -2.43. The van der Waals surface area contributed by atoms with E-state index in [0.717, 1.165) is 54.4 Å². The molecule has 174 valence electrons. The standard InChI is InChI=1S/C25H28FN3O3S/c1-32-23-4-3-18(26)15-20(23)19-7-12-27-24-21(19)16-22(28-24)17-5-8-25(9-6-17)10-13-29(14-11-25)33(2,30)31/h3-5,7,12,15-16H,6,8-11,13-14H2,1-2H3,(H,27,28). The number of methoxy groups -OCH3 is 1. The number of nitrogens with zero attached hydrogens (tertiary/aromatic N) is 2. The van der Waals surface area contributed by atoms with Crippen LogP contribution in [0.3, 0.4) is 0 Å². The summed E-state index contributed by atoms with van der Waals surface area (Å²) < 4.78 is 44.8. The minimum Gasteiger partial charge on any atom is -0.496 e. The molecule has 1 spiro atoms. The highest BCUT2D eigenvalue weighted by atomic mass is 32.2. The topological polar surface area (TPSA) is 75.3 Å². The summed E-state index contributed by atoms with van der Waals surface area (Å²) in [5, 5.41) is 0.930. The Morgan fingerprint density at radius 2 is 1.91 bits per heavy atom. The third-order valence-electron chi connectivity index (χ3n) is 7.29. The molecule has 0 atom stereocenters. The molecule has 5 rings (SSSR count). The highest BCUT2D eigenvalue weighted by molar-refractivity contribution is 7.88. The molecule has 1 aliphatic carbocycles.